The van der Waals surface area contributed by atoms with Crippen molar-refractivity contribution in [2.24, 2.45) is 0 Å². The van der Waals surface area contributed by atoms with E-state index >= 15 is 0 Å². The first-order valence-electron chi connectivity index (χ1n) is 7.02. The van der Waals surface area contributed by atoms with Crippen LogP contribution < -0.4 is 9.50 Å². The van der Waals surface area contributed by atoms with Gasteiger partial charge in [0, 0.05) is 6.07 Å². The lowest BCUT2D eigenvalue weighted by Gasteiger charge is -2.06. The first-order valence-corrected chi connectivity index (χ1v) is 8.43. The summed E-state index contributed by atoms with van der Waals surface area (Å²) in [6.45, 7) is 2.99. The number of fused-ring (bicyclic) bond motifs is 1. The van der Waals surface area contributed by atoms with Crippen molar-refractivity contribution in [3.05, 3.63) is 29.7 Å². The number of hydrogen-bond acceptors (Lipinski definition) is 8. The Bertz CT molecular complexity index is 1030. The molecule has 1 aromatic carbocycles. The highest BCUT2D eigenvalue weighted by Crippen LogP contribution is 2.26. The number of carbonyl (C=O) groups is 1. The fraction of sp³-hybridized carbons (Fsp3) is 0.214. The number of imidazole rings is 1. The molecule has 132 valence electrons. The Morgan fingerprint density at radius 3 is 2.72 bits per heavy atom. The third-order valence-electron chi connectivity index (χ3n) is 3.28. The van der Waals surface area contributed by atoms with Gasteiger partial charge in [0.2, 0.25) is 5.95 Å². The molecule has 0 fully saturated rings. The summed E-state index contributed by atoms with van der Waals surface area (Å²) in [5.41, 5.74) is 1.19. The molecular formula is C14H14N4O6S. The van der Waals surface area contributed by atoms with E-state index in [0.717, 1.165) is 0 Å². The van der Waals surface area contributed by atoms with Crippen LogP contribution >= 0.6 is 0 Å². The molecule has 0 aliphatic rings. The van der Waals surface area contributed by atoms with Gasteiger partial charge in [-0.2, -0.15) is 8.42 Å². The minimum Gasteiger partial charge on any atom is -0.453 e. The van der Waals surface area contributed by atoms with Crippen molar-refractivity contribution in [3.8, 4) is 5.75 Å². The summed E-state index contributed by atoms with van der Waals surface area (Å²) in [5.74, 6) is 0.360. The van der Waals surface area contributed by atoms with Crippen LogP contribution in [0.25, 0.3) is 11.0 Å². The van der Waals surface area contributed by atoms with Crippen molar-refractivity contribution in [2.45, 2.75) is 18.7 Å². The quantitative estimate of drug-likeness (QED) is 0.670. The number of rotatable bonds is 4. The average Bonchev–Trinajstić information content (AvgIpc) is 3.09. The maximum atomic E-state index is 12.4. The number of carbonyl (C=O) groups excluding carboxylic acids is 1. The Hall–Kier alpha value is -3.08. The fourth-order valence-corrected chi connectivity index (χ4v) is 3.47. The molecular weight excluding hydrogens is 352 g/mol. The second kappa shape index (κ2) is 6.09. The minimum atomic E-state index is -4.10. The number of amides is 1. The van der Waals surface area contributed by atoms with Gasteiger partial charge in [-0.25, -0.2) is 9.78 Å². The molecule has 0 unspecified atom stereocenters. The van der Waals surface area contributed by atoms with Gasteiger partial charge >= 0.3 is 16.2 Å². The summed E-state index contributed by atoms with van der Waals surface area (Å²) in [7, 11) is -2.87. The van der Waals surface area contributed by atoms with Gasteiger partial charge < -0.3 is 18.4 Å². The van der Waals surface area contributed by atoms with Crippen molar-refractivity contribution in [1.82, 2.24) is 15.1 Å². The number of methoxy groups -OCH3 is 1. The molecule has 3 aromatic rings. The van der Waals surface area contributed by atoms with Crippen molar-refractivity contribution in [3.63, 3.8) is 0 Å². The third-order valence-corrected chi connectivity index (χ3v) is 4.78. The van der Waals surface area contributed by atoms with Crippen LogP contribution in [0.1, 0.15) is 11.5 Å². The van der Waals surface area contributed by atoms with Gasteiger partial charge in [0.15, 0.2) is 10.7 Å². The molecule has 2 aromatic heterocycles. The third kappa shape index (κ3) is 3.26. The lowest BCUT2D eigenvalue weighted by molar-refractivity contribution is 0.186. The van der Waals surface area contributed by atoms with Crippen molar-refractivity contribution in [2.75, 3.05) is 12.4 Å². The summed E-state index contributed by atoms with van der Waals surface area (Å²) in [6.07, 6.45) is -0.684. The number of nitrogens with zero attached hydrogens (tertiary/aromatic N) is 2. The van der Waals surface area contributed by atoms with E-state index in [4.69, 9.17) is 8.71 Å². The number of hydrogen-bond donors (Lipinski definition) is 2. The standard InChI is InChI=1S/C14H14N4O6S/c1-7-12(8(2)23-18-7)25(20,21)24-9-4-5-10-11(6-9)16-13(15-10)17-14(19)22-3/h4-6H,1-3H3,(H2,15,16,17,19). The number of benzene rings is 1. The lowest BCUT2D eigenvalue weighted by atomic mass is 10.3. The molecule has 0 saturated carbocycles. The van der Waals surface area contributed by atoms with E-state index in [1.165, 1.54) is 33.1 Å². The lowest BCUT2D eigenvalue weighted by Crippen LogP contribution is -2.11. The molecule has 0 aliphatic heterocycles. The fourth-order valence-electron chi connectivity index (χ4n) is 2.24. The molecule has 3 rings (SSSR count). The molecule has 0 saturated heterocycles. The highest BCUT2D eigenvalue weighted by atomic mass is 32.2. The normalized spacial score (nSPS) is 11.5. The van der Waals surface area contributed by atoms with Gasteiger partial charge in [-0.15, -0.1) is 0 Å². The zero-order valence-electron chi connectivity index (χ0n) is 13.5. The van der Waals surface area contributed by atoms with E-state index in [2.05, 4.69) is 25.2 Å². The molecule has 0 radical (unpaired) electrons. The highest BCUT2D eigenvalue weighted by Gasteiger charge is 2.26. The molecule has 0 aliphatic carbocycles. The summed E-state index contributed by atoms with van der Waals surface area (Å²) in [6, 6.07) is 4.45. The Kier molecular flexibility index (Phi) is 4.08. The average molecular weight is 366 g/mol. The summed E-state index contributed by atoms with van der Waals surface area (Å²) in [5, 5.41) is 5.99. The molecule has 2 N–H and O–H groups in total. The zero-order chi connectivity index (χ0) is 18.2. The van der Waals surface area contributed by atoms with E-state index in [-0.39, 0.29) is 28.0 Å². The second-order valence-electron chi connectivity index (χ2n) is 5.07. The first-order chi connectivity index (χ1) is 11.8. The van der Waals surface area contributed by atoms with Crippen LogP contribution in [-0.2, 0) is 14.9 Å². The van der Waals surface area contributed by atoms with E-state index in [1.54, 1.807) is 6.07 Å². The maximum absolute atomic E-state index is 12.4. The van der Waals surface area contributed by atoms with E-state index < -0.39 is 16.2 Å². The predicted octanol–water partition coefficient (Wildman–Crippen LogP) is 2.11. The number of anilines is 1. The van der Waals surface area contributed by atoms with Crippen LogP contribution in [0.4, 0.5) is 10.7 Å². The first kappa shape index (κ1) is 16.8. The molecule has 0 atom stereocenters. The monoisotopic (exact) mass is 366 g/mol. The predicted molar refractivity (Wildman–Crippen MR) is 85.9 cm³/mol. The van der Waals surface area contributed by atoms with Crippen LogP contribution in [0.2, 0.25) is 0 Å². The molecule has 0 spiro atoms. The Morgan fingerprint density at radius 2 is 2.08 bits per heavy atom. The molecule has 2 heterocycles. The highest BCUT2D eigenvalue weighted by molar-refractivity contribution is 7.87. The molecule has 10 nitrogen and oxygen atoms in total. The number of ether oxygens (including phenoxy) is 1. The molecule has 11 heteroatoms. The molecule has 25 heavy (non-hydrogen) atoms. The minimum absolute atomic E-state index is 0.0589. The second-order valence-corrected chi connectivity index (χ2v) is 6.55. The van der Waals surface area contributed by atoms with Gasteiger partial charge in [-0.05, 0) is 26.0 Å². The van der Waals surface area contributed by atoms with E-state index in [9.17, 15) is 13.2 Å². The topological polar surface area (TPSA) is 136 Å². The number of aromatic amines is 1. The molecule has 1 amide bonds. The summed E-state index contributed by atoms with van der Waals surface area (Å²) < 4.78 is 39.3. The Labute approximate surface area is 142 Å². The zero-order valence-corrected chi connectivity index (χ0v) is 14.3. The van der Waals surface area contributed by atoms with Crippen LogP contribution in [0.15, 0.2) is 27.6 Å². The van der Waals surface area contributed by atoms with Crippen molar-refractivity contribution >= 4 is 33.2 Å². The van der Waals surface area contributed by atoms with Crippen molar-refractivity contribution < 1.29 is 26.7 Å². The van der Waals surface area contributed by atoms with E-state index in [1.807, 2.05) is 0 Å². The van der Waals surface area contributed by atoms with Crippen LogP contribution in [0.5, 0.6) is 5.75 Å². The van der Waals surface area contributed by atoms with Gasteiger partial charge in [0.05, 0.1) is 18.1 Å². The van der Waals surface area contributed by atoms with Gasteiger partial charge in [0.25, 0.3) is 0 Å². The Balaban J connectivity index is 1.90. The maximum Gasteiger partial charge on any atom is 0.413 e. The van der Waals surface area contributed by atoms with Gasteiger partial charge in [0.1, 0.15) is 11.4 Å². The van der Waals surface area contributed by atoms with Gasteiger partial charge in [-0.1, -0.05) is 5.16 Å². The smallest absolute Gasteiger partial charge is 0.413 e. The SMILES string of the molecule is COC(=O)Nc1nc2cc(OS(=O)(=O)c3c(C)noc3C)ccc2[nH]1. The number of nitrogens with one attached hydrogen (secondary N) is 2. The number of aryl methyl sites for hydroxylation is 2. The van der Waals surface area contributed by atoms with Crippen LogP contribution in [0.3, 0.4) is 0 Å². The largest absolute Gasteiger partial charge is 0.453 e. The van der Waals surface area contributed by atoms with Crippen molar-refractivity contribution in [1.29, 1.82) is 0 Å². The summed E-state index contributed by atoms with van der Waals surface area (Å²) >= 11 is 0. The van der Waals surface area contributed by atoms with Crippen LogP contribution in [-0.4, -0.2) is 36.7 Å². The Morgan fingerprint density at radius 1 is 1.32 bits per heavy atom. The van der Waals surface area contributed by atoms with Gasteiger partial charge in [-0.3, -0.25) is 5.32 Å². The van der Waals surface area contributed by atoms with E-state index in [0.29, 0.717) is 11.0 Å². The number of aromatic nitrogens is 3. The number of H-pyrrole nitrogens is 1. The molecule has 0 bridgehead atoms. The van der Waals surface area contributed by atoms with Crippen LogP contribution in [0, 0.1) is 13.8 Å². The summed E-state index contributed by atoms with van der Waals surface area (Å²) in [4.78, 5) is 18.0.